The number of nitrogens with zero attached hydrogens (tertiary/aromatic N) is 3. The zero-order chi connectivity index (χ0) is 10.8. The van der Waals surface area contributed by atoms with E-state index >= 15 is 0 Å². The van der Waals surface area contributed by atoms with Crippen molar-refractivity contribution in [3.8, 4) is 10.7 Å². The topological polar surface area (TPSA) is 50.7 Å². The van der Waals surface area contributed by atoms with Crippen molar-refractivity contribution in [3.05, 3.63) is 29.7 Å². The summed E-state index contributed by atoms with van der Waals surface area (Å²) in [6.07, 6.45) is 9.66. The quantitative estimate of drug-likeness (QED) is 0.874. The molecule has 3 rings (SSSR count). The molecular formula is C11H12N4S. The molecule has 16 heavy (non-hydrogen) atoms. The molecule has 4 nitrogen and oxygen atoms in total. The van der Waals surface area contributed by atoms with Crippen molar-refractivity contribution in [2.24, 2.45) is 0 Å². The van der Waals surface area contributed by atoms with Gasteiger partial charge in [-0.2, -0.15) is 0 Å². The van der Waals surface area contributed by atoms with Crippen molar-refractivity contribution in [1.29, 1.82) is 0 Å². The van der Waals surface area contributed by atoms with E-state index in [1.807, 2.05) is 6.20 Å². The minimum Gasteiger partial charge on any atom is -0.309 e. The highest BCUT2D eigenvalue weighted by Crippen LogP contribution is 2.24. The van der Waals surface area contributed by atoms with Gasteiger partial charge in [-0.3, -0.25) is 9.97 Å². The van der Waals surface area contributed by atoms with E-state index in [9.17, 15) is 0 Å². The Morgan fingerprint density at radius 1 is 1.25 bits per heavy atom. The molecule has 1 fully saturated rings. The van der Waals surface area contributed by atoms with Gasteiger partial charge in [-0.25, -0.2) is 4.98 Å². The van der Waals surface area contributed by atoms with Crippen LogP contribution in [0, 0.1) is 0 Å². The van der Waals surface area contributed by atoms with Crippen molar-refractivity contribution in [2.75, 3.05) is 0 Å². The molecule has 0 aliphatic heterocycles. The predicted molar refractivity (Wildman–Crippen MR) is 63.0 cm³/mol. The fourth-order valence-electron chi connectivity index (χ4n) is 1.45. The Morgan fingerprint density at radius 3 is 2.94 bits per heavy atom. The summed E-state index contributed by atoms with van der Waals surface area (Å²) in [5.74, 6) is 0. The van der Waals surface area contributed by atoms with Gasteiger partial charge in [-0.05, 0) is 12.8 Å². The highest BCUT2D eigenvalue weighted by molar-refractivity contribution is 7.14. The largest absolute Gasteiger partial charge is 0.309 e. The third-order valence-corrected chi connectivity index (χ3v) is 3.50. The van der Waals surface area contributed by atoms with Gasteiger partial charge in [0.15, 0.2) is 0 Å². The van der Waals surface area contributed by atoms with Gasteiger partial charge in [0.05, 0.1) is 6.20 Å². The van der Waals surface area contributed by atoms with Crippen molar-refractivity contribution < 1.29 is 0 Å². The lowest BCUT2D eigenvalue weighted by molar-refractivity contribution is 0.694. The van der Waals surface area contributed by atoms with Crippen LogP contribution in [0.1, 0.15) is 17.7 Å². The molecule has 0 saturated heterocycles. The summed E-state index contributed by atoms with van der Waals surface area (Å²) in [6.45, 7) is 0.919. The van der Waals surface area contributed by atoms with E-state index in [1.54, 1.807) is 29.9 Å². The Morgan fingerprint density at radius 2 is 2.19 bits per heavy atom. The van der Waals surface area contributed by atoms with Gasteiger partial charge >= 0.3 is 0 Å². The summed E-state index contributed by atoms with van der Waals surface area (Å²) in [5.41, 5.74) is 0.852. The summed E-state index contributed by atoms with van der Waals surface area (Å²) in [7, 11) is 0. The number of hydrogen-bond donors (Lipinski definition) is 1. The van der Waals surface area contributed by atoms with E-state index < -0.39 is 0 Å². The zero-order valence-electron chi connectivity index (χ0n) is 8.76. The maximum Gasteiger partial charge on any atom is 0.143 e. The second kappa shape index (κ2) is 4.27. The Labute approximate surface area is 97.8 Å². The van der Waals surface area contributed by atoms with Crippen molar-refractivity contribution >= 4 is 11.3 Å². The van der Waals surface area contributed by atoms with E-state index in [2.05, 4.69) is 20.3 Å². The molecule has 0 spiro atoms. The predicted octanol–water partition coefficient (Wildman–Crippen LogP) is 1.85. The minimum atomic E-state index is 0.738. The highest BCUT2D eigenvalue weighted by Gasteiger charge is 2.20. The Bertz CT molecular complexity index is 464. The first-order valence-electron chi connectivity index (χ1n) is 5.36. The van der Waals surface area contributed by atoms with Crippen molar-refractivity contribution in [2.45, 2.75) is 25.4 Å². The lowest BCUT2D eigenvalue weighted by Gasteiger charge is -1.97. The molecule has 1 N–H and O–H groups in total. The van der Waals surface area contributed by atoms with E-state index in [0.29, 0.717) is 0 Å². The van der Waals surface area contributed by atoms with Gasteiger partial charge in [0, 0.05) is 36.1 Å². The zero-order valence-corrected chi connectivity index (χ0v) is 9.57. The third kappa shape index (κ3) is 2.25. The first-order valence-corrected chi connectivity index (χ1v) is 6.18. The fraction of sp³-hybridized carbons (Fsp3) is 0.364. The van der Waals surface area contributed by atoms with Crippen LogP contribution in [0.4, 0.5) is 0 Å². The van der Waals surface area contributed by atoms with Crippen molar-refractivity contribution in [1.82, 2.24) is 20.3 Å². The van der Waals surface area contributed by atoms with E-state index in [-0.39, 0.29) is 0 Å². The number of rotatable bonds is 4. The van der Waals surface area contributed by atoms with Gasteiger partial charge in [0.25, 0.3) is 0 Å². The summed E-state index contributed by atoms with van der Waals surface area (Å²) >= 11 is 1.68. The second-order valence-corrected chi connectivity index (χ2v) is 4.99. The standard InChI is InChI=1S/C11H12N4S/c1-2-8(1)14-5-9-6-15-11(16-9)10-7-12-3-4-13-10/h3-4,6-8,14H,1-2,5H2. The molecule has 0 bridgehead atoms. The number of thiazole rings is 1. The van der Waals surface area contributed by atoms with Crippen molar-refractivity contribution in [3.63, 3.8) is 0 Å². The molecule has 2 heterocycles. The van der Waals surface area contributed by atoms with Gasteiger partial charge < -0.3 is 5.32 Å². The van der Waals surface area contributed by atoms with Gasteiger partial charge in [0.1, 0.15) is 10.7 Å². The summed E-state index contributed by atoms with van der Waals surface area (Å²) in [4.78, 5) is 13.9. The van der Waals surface area contributed by atoms with E-state index in [0.717, 1.165) is 23.3 Å². The van der Waals surface area contributed by atoms with Crippen LogP contribution in [-0.4, -0.2) is 21.0 Å². The highest BCUT2D eigenvalue weighted by atomic mass is 32.1. The average Bonchev–Trinajstić information content (AvgIpc) is 3.05. The molecule has 0 atom stereocenters. The SMILES string of the molecule is c1cnc(-c2ncc(CNC3CC3)s2)cn1. The molecule has 2 aromatic heterocycles. The maximum absolute atomic E-state index is 4.36. The molecule has 82 valence electrons. The Balaban J connectivity index is 1.71. The lowest BCUT2D eigenvalue weighted by Crippen LogP contribution is -2.14. The van der Waals surface area contributed by atoms with Crippen LogP contribution in [0.5, 0.6) is 0 Å². The number of aromatic nitrogens is 3. The summed E-state index contributed by atoms with van der Waals surface area (Å²) in [6, 6.07) is 0.738. The van der Waals surface area contributed by atoms with E-state index in [1.165, 1.54) is 17.7 Å². The molecule has 1 aliphatic carbocycles. The average molecular weight is 232 g/mol. The summed E-state index contributed by atoms with van der Waals surface area (Å²) < 4.78 is 0. The van der Waals surface area contributed by atoms with Crippen LogP contribution >= 0.6 is 11.3 Å². The first-order chi connectivity index (χ1) is 7.92. The molecule has 0 unspecified atom stereocenters. The third-order valence-electron chi connectivity index (χ3n) is 2.48. The Hall–Kier alpha value is -1.33. The monoisotopic (exact) mass is 232 g/mol. The fourth-order valence-corrected chi connectivity index (χ4v) is 2.27. The van der Waals surface area contributed by atoms with Crippen LogP contribution in [0.15, 0.2) is 24.8 Å². The Kier molecular flexibility index (Phi) is 2.63. The van der Waals surface area contributed by atoms with Crippen LogP contribution in [0.2, 0.25) is 0 Å². The van der Waals surface area contributed by atoms with E-state index in [4.69, 9.17) is 0 Å². The lowest BCUT2D eigenvalue weighted by atomic mass is 10.5. The molecule has 5 heteroatoms. The van der Waals surface area contributed by atoms with Gasteiger partial charge in [-0.1, -0.05) is 0 Å². The number of nitrogens with one attached hydrogen (secondary N) is 1. The summed E-state index contributed by atoms with van der Waals surface area (Å²) in [5, 5.41) is 4.42. The smallest absolute Gasteiger partial charge is 0.143 e. The molecule has 1 saturated carbocycles. The maximum atomic E-state index is 4.36. The van der Waals surface area contributed by atoms with Crippen LogP contribution in [0.3, 0.4) is 0 Å². The van der Waals surface area contributed by atoms with Crippen LogP contribution in [0.25, 0.3) is 10.7 Å². The normalized spacial score (nSPS) is 15.2. The number of hydrogen-bond acceptors (Lipinski definition) is 5. The molecule has 0 amide bonds. The molecule has 0 aromatic carbocycles. The molecule has 0 radical (unpaired) electrons. The second-order valence-electron chi connectivity index (χ2n) is 3.88. The molecular weight excluding hydrogens is 220 g/mol. The first kappa shape index (κ1) is 9.86. The van der Waals surface area contributed by atoms with Gasteiger partial charge in [0.2, 0.25) is 0 Å². The van der Waals surface area contributed by atoms with Crippen LogP contribution in [-0.2, 0) is 6.54 Å². The molecule has 1 aliphatic rings. The molecule has 2 aromatic rings. The minimum absolute atomic E-state index is 0.738. The van der Waals surface area contributed by atoms with Gasteiger partial charge in [-0.15, -0.1) is 11.3 Å². The van der Waals surface area contributed by atoms with Crippen LogP contribution < -0.4 is 5.32 Å².